The number of amides is 1. The van der Waals surface area contributed by atoms with E-state index in [1.54, 1.807) is 0 Å². The minimum absolute atomic E-state index is 0.0784. The Morgan fingerprint density at radius 3 is 2.44 bits per heavy atom. The SMILES string of the molecule is Cc1ccc(-c2cc(=O)n(CC(=O)Nc3ccc(C)cc3Br)[nH]2)cc1. The molecule has 0 aliphatic carbocycles. The van der Waals surface area contributed by atoms with Crippen LogP contribution in [0.3, 0.4) is 0 Å². The van der Waals surface area contributed by atoms with Gasteiger partial charge in [-0.3, -0.25) is 14.7 Å². The number of anilines is 1. The lowest BCUT2D eigenvalue weighted by Gasteiger charge is -2.08. The van der Waals surface area contributed by atoms with Crippen molar-refractivity contribution in [3.8, 4) is 11.3 Å². The molecule has 0 fully saturated rings. The Hall–Kier alpha value is -2.60. The van der Waals surface area contributed by atoms with Gasteiger partial charge in [0.2, 0.25) is 5.91 Å². The largest absolute Gasteiger partial charge is 0.323 e. The van der Waals surface area contributed by atoms with Crippen molar-refractivity contribution < 1.29 is 4.79 Å². The first kappa shape index (κ1) is 17.2. The third-order valence-electron chi connectivity index (χ3n) is 3.85. The number of halogens is 1. The van der Waals surface area contributed by atoms with Gasteiger partial charge < -0.3 is 5.32 Å². The topological polar surface area (TPSA) is 66.9 Å². The molecule has 1 aromatic heterocycles. The van der Waals surface area contributed by atoms with Gasteiger partial charge in [-0.15, -0.1) is 0 Å². The van der Waals surface area contributed by atoms with E-state index in [4.69, 9.17) is 0 Å². The third kappa shape index (κ3) is 4.09. The first-order chi connectivity index (χ1) is 11.9. The molecule has 128 valence electrons. The van der Waals surface area contributed by atoms with E-state index < -0.39 is 0 Å². The molecular weight excluding hydrogens is 382 g/mol. The number of carbonyl (C=O) groups excluding carboxylic acids is 1. The molecule has 0 aliphatic heterocycles. The molecule has 0 spiro atoms. The van der Waals surface area contributed by atoms with Crippen molar-refractivity contribution in [1.29, 1.82) is 0 Å². The fourth-order valence-corrected chi connectivity index (χ4v) is 3.08. The van der Waals surface area contributed by atoms with Crippen molar-refractivity contribution in [3.05, 3.63) is 74.5 Å². The van der Waals surface area contributed by atoms with Crippen LogP contribution in [0.4, 0.5) is 5.69 Å². The summed E-state index contributed by atoms with van der Waals surface area (Å²) in [6.45, 7) is 3.90. The number of aromatic nitrogens is 2. The molecule has 25 heavy (non-hydrogen) atoms. The average molecular weight is 400 g/mol. The molecule has 0 saturated heterocycles. The van der Waals surface area contributed by atoms with Gasteiger partial charge in [0.15, 0.2) is 0 Å². The second-order valence-electron chi connectivity index (χ2n) is 5.99. The van der Waals surface area contributed by atoms with E-state index in [0.29, 0.717) is 11.4 Å². The number of nitrogens with zero attached hydrogens (tertiary/aromatic N) is 1. The van der Waals surface area contributed by atoms with Crippen molar-refractivity contribution >= 4 is 27.5 Å². The van der Waals surface area contributed by atoms with E-state index in [2.05, 4.69) is 26.3 Å². The minimum Gasteiger partial charge on any atom is -0.323 e. The van der Waals surface area contributed by atoms with Gasteiger partial charge in [0.25, 0.3) is 5.56 Å². The fourth-order valence-electron chi connectivity index (χ4n) is 2.49. The summed E-state index contributed by atoms with van der Waals surface area (Å²) < 4.78 is 2.10. The molecule has 2 aromatic carbocycles. The highest BCUT2D eigenvalue weighted by molar-refractivity contribution is 9.10. The highest BCUT2D eigenvalue weighted by Gasteiger charge is 2.11. The molecule has 0 unspecified atom stereocenters. The number of H-pyrrole nitrogens is 1. The van der Waals surface area contributed by atoms with Crippen LogP contribution in [0.15, 0.2) is 57.8 Å². The lowest BCUT2D eigenvalue weighted by atomic mass is 10.1. The summed E-state index contributed by atoms with van der Waals surface area (Å²) in [5, 5.41) is 5.79. The standard InChI is InChI=1S/C19H18BrN3O2/c1-12-3-6-14(7-4-12)17-10-19(25)23(22-17)11-18(24)21-16-8-5-13(2)9-15(16)20/h3-10,22H,11H2,1-2H3,(H,21,24). The summed E-state index contributed by atoms with van der Waals surface area (Å²) in [6, 6.07) is 15.0. The first-order valence-corrected chi connectivity index (χ1v) is 8.64. The summed E-state index contributed by atoms with van der Waals surface area (Å²) >= 11 is 3.42. The quantitative estimate of drug-likeness (QED) is 0.699. The molecule has 1 heterocycles. The van der Waals surface area contributed by atoms with Crippen molar-refractivity contribution in [2.75, 3.05) is 5.32 Å². The Balaban J connectivity index is 1.75. The van der Waals surface area contributed by atoms with E-state index in [9.17, 15) is 9.59 Å². The molecular formula is C19H18BrN3O2. The van der Waals surface area contributed by atoms with Gasteiger partial charge in [-0.05, 0) is 53.0 Å². The van der Waals surface area contributed by atoms with Crippen LogP contribution in [0.5, 0.6) is 0 Å². The fraction of sp³-hybridized carbons (Fsp3) is 0.158. The van der Waals surface area contributed by atoms with Crippen molar-refractivity contribution in [2.24, 2.45) is 0 Å². The molecule has 1 amide bonds. The van der Waals surface area contributed by atoms with E-state index in [0.717, 1.165) is 21.2 Å². The van der Waals surface area contributed by atoms with Crippen LogP contribution in [0.2, 0.25) is 0 Å². The molecule has 3 aromatic rings. The van der Waals surface area contributed by atoms with Crippen LogP contribution >= 0.6 is 15.9 Å². The molecule has 6 heteroatoms. The van der Waals surface area contributed by atoms with Crippen LogP contribution in [-0.2, 0) is 11.3 Å². The zero-order chi connectivity index (χ0) is 18.0. The number of aromatic amines is 1. The van der Waals surface area contributed by atoms with Crippen LogP contribution in [0, 0.1) is 13.8 Å². The normalized spacial score (nSPS) is 10.7. The van der Waals surface area contributed by atoms with Gasteiger partial charge in [0, 0.05) is 10.5 Å². The highest BCUT2D eigenvalue weighted by Crippen LogP contribution is 2.23. The van der Waals surface area contributed by atoms with E-state index in [1.165, 1.54) is 10.7 Å². The Bertz CT molecular complexity index is 971. The van der Waals surface area contributed by atoms with Gasteiger partial charge in [0.05, 0.1) is 11.4 Å². The second-order valence-corrected chi connectivity index (χ2v) is 6.85. The molecule has 0 bridgehead atoms. The van der Waals surface area contributed by atoms with Crippen LogP contribution in [0.25, 0.3) is 11.3 Å². The Labute approximate surface area is 153 Å². The highest BCUT2D eigenvalue weighted by atomic mass is 79.9. The predicted molar refractivity (Wildman–Crippen MR) is 103 cm³/mol. The molecule has 2 N–H and O–H groups in total. The van der Waals surface area contributed by atoms with Crippen molar-refractivity contribution in [3.63, 3.8) is 0 Å². The van der Waals surface area contributed by atoms with Gasteiger partial charge in [0.1, 0.15) is 6.54 Å². The smallest absolute Gasteiger partial charge is 0.267 e. The van der Waals surface area contributed by atoms with Gasteiger partial charge >= 0.3 is 0 Å². The Kier molecular flexibility index (Phi) is 4.90. The Morgan fingerprint density at radius 2 is 1.76 bits per heavy atom. The number of carbonyl (C=O) groups is 1. The van der Waals surface area contributed by atoms with Crippen molar-refractivity contribution in [1.82, 2.24) is 9.78 Å². The molecule has 0 saturated carbocycles. The molecule has 0 atom stereocenters. The maximum absolute atomic E-state index is 12.2. The van der Waals surface area contributed by atoms with Crippen molar-refractivity contribution in [2.45, 2.75) is 20.4 Å². The number of hydrogen-bond donors (Lipinski definition) is 2. The van der Waals surface area contributed by atoms with Crippen LogP contribution < -0.4 is 10.9 Å². The van der Waals surface area contributed by atoms with Crippen LogP contribution in [0.1, 0.15) is 11.1 Å². The predicted octanol–water partition coefficient (Wildman–Crippen LogP) is 3.86. The average Bonchev–Trinajstić information content (AvgIpc) is 2.91. The third-order valence-corrected chi connectivity index (χ3v) is 4.51. The van der Waals surface area contributed by atoms with Gasteiger partial charge in [-0.2, -0.15) is 0 Å². The second kappa shape index (κ2) is 7.11. The summed E-state index contributed by atoms with van der Waals surface area (Å²) in [4.78, 5) is 24.4. The maximum atomic E-state index is 12.2. The zero-order valence-corrected chi connectivity index (χ0v) is 15.6. The summed E-state index contributed by atoms with van der Waals surface area (Å²) in [5.74, 6) is -0.274. The van der Waals surface area contributed by atoms with E-state index in [1.807, 2.05) is 56.3 Å². The molecule has 0 radical (unpaired) electrons. The van der Waals surface area contributed by atoms with Crippen LogP contribution in [-0.4, -0.2) is 15.7 Å². The summed E-state index contributed by atoms with van der Waals surface area (Å²) in [7, 11) is 0. The lowest BCUT2D eigenvalue weighted by Crippen LogP contribution is -2.26. The first-order valence-electron chi connectivity index (χ1n) is 7.85. The number of rotatable bonds is 4. The van der Waals surface area contributed by atoms with E-state index >= 15 is 0 Å². The minimum atomic E-state index is -0.274. The number of hydrogen-bond acceptors (Lipinski definition) is 2. The zero-order valence-electron chi connectivity index (χ0n) is 14.0. The summed E-state index contributed by atoms with van der Waals surface area (Å²) in [6.07, 6.45) is 0. The van der Waals surface area contributed by atoms with Gasteiger partial charge in [-0.1, -0.05) is 35.9 Å². The number of nitrogens with one attached hydrogen (secondary N) is 2. The molecule has 5 nitrogen and oxygen atoms in total. The number of aryl methyl sites for hydroxylation is 2. The summed E-state index contributed by atoms with van der Waals surface area (Å²) in [5.41, 5.74) is 4.27. The molecule has 0 aliphatic rings. The molecule has 3 rings (SSSR count). The lowest BCUT2D eigenvalue weighted by molar-refractivity contribution is -0.116. The van der Waals surface area contributed by atoms with E-state index in [-0.39, 0.29) is 18.0 Å². The maximum Gasteiger partial charge on any atom is 0.267 e. The van der Waals surface area contributed by atoms with Gasteiger partial charge in [-0.25, -0.2) is 4.68 Å². The number of benzene rings is 2. The monoisotopic (exact) mass is 399 g/mol. The Morgan fingerprint density at radius 1 is 1.08 bits per heavy atom.